The Morgan fingerprint density at radius 1 is 1.04 bits per heavy atom. The van der Waals surface area contributed by atoms with Crippen molar-refractivity contribution in [1.82, 2.24) is 20.6 Å². The lowest BCUT2D eigenvalue weighted by atomic mass is 10.2. The third-order valence-electron chi connectivity index (χ3n) is 3.76. The fraction of sp³-hybridized carbons (Fsp3) is 0.211. The summed E-state index contributed by atoms with van der Waals surface area (Å²) in [6.45, 7) is 1.03. The van der Waals surface area contributed by atoms with Crippen LogP contribution in [0.2, 0.25) is 0 Å². The molecule has 3 rings (SSSR count). The molecule has 0 bridgehead atoms. The van der Waals surface area contributed by atoms with Gasteiger partial charge in [-0.05, 0) is 30.3 Å². The number of benzene rings is 2. The number of nitrogens with zero attached hydrogens (tertiary/aromatic N) is 1. The average Bonchev–Trinajstić information content (AvgIpc) is 3.13. The predicted octanol–water partition coefficient (Wildman–Crippen LogP) is 1.88. The van der Waals surface area contributed by atoms with Crippen LogP contribution < -0.4 is 15.4 Å². The highest BCUT2D eigenvalue weighted by Crippen LogP contribution is 2.11. The van der Waals surface area contributed by atoms with E-state index in [9.17, 15) is 9.59 Å². The summed E-state index contributed by atoms with van der Waals surface area (Å²) in [5.74, 6) is 0.430. The molecule has 3 N–H and O–H groups in total. The zero-order valence-electron chi connectivity index (χ0n) is 14.2. The quantitative estimate of drug-likeness (QED) is 0.539. The number of nitrogens with one attached hydrogen (secondary N) is 3. The summed E-state index contributed by atoms with van der Waals surface area (Å²) >= 11 is 0. The van der Waals surface area contributed by atoms with Gasteiger partial charge in [-0.1, -0.05) is 18.2 Å². The zero-order valence-corrected chi connectivity index (χ0v) is 14.2. The van der Waals surface area contributed by atoms with Crippen LogP contribution >= 0.6 is 0 Å². The number of H-pyrrole nitrogens is 1. The van der Waals surface area contributed by atoms with Crippen molar-refractivity contribution in [2.24, 2.45) is 0 Å². The molecular formula is C19H20N4O3. The highest BCUT2D eigenvalue weighted by Gasteiger charge is 2.07. The molecule has 2 amide bonds. The van der Waals surface area contributed by atoms with Crippen molar-refractivity contribution >= 4 is 22.8 Å². The smallest absolute Gasteiger partial charge is 0.251 e. The largest absolute Gasteiger partial charge is 0.493 e. The number of aromatic amines is 1. The minimum atomic E-state index is -0.192. The van der Waals surface area contributed by atoms with Crippen LogP contribution in [0.15, 0.2) is 54.9 Å². The van der Waals surface area contributed by atoms with E-state index in [1.807, 2.05) is 30.3 Å². The second-order valence-electron chi connectivity index (χ2n) is 5.65. The Balaban J connectivity index is 1.33. The third kappa shape index (κ3) is 4.83. The molecule has 0 unspecified atom stereocenters. The summed E-state index contributed by atoms with van der Waals surface area (Å²) in [4.78, 5) is 30.9. The van der Waals surface area contributed by atoms with Crippen LogP contribution in [0, 0.1) is 0 Å². The van der Waals surface area contributed by atoms with Gasteiger partial charge in [0.25, 0.3) is 5.91 Å². The second kappa shape index (κ2) is 8.66. The first-order valence-electron chi connectivity index (χ1n) is 8.38. The standard InChI is InChI=1S/C19H20N4O3/c24-18(8-11-26-15-4-2-1-3-5-15)20-9-10-21-19(25)14-6-7-16-17(12-14)23-13-22-16/h1-7,12-13H,8-11H2,(H,20,24)(H,21,25)(H,22,23). The molecule has 0 saturated carbocycles. The fourth-order valence-corrected chi connectivity index (χ4v) is 2.42. The molecule has 0 saturated heterocycles. The molecule has 1 heterocycles. The van der Waals surface area contributed by atoms with Gasteiger partial charge in [0.05, 0.1) is 30.4 Å². The summed E-state index contributed by atoms with van der Waals surface area (Å²) in [6, 6.07) is 14.6. The molecule has 7 nitrogen and oxygen atoms in total. The number of hydrogen-bond donors (Lipinski definition) is 3. The molecule has 134 valence electrons. The average molecular weight is 352 g/mol. The van der Waals surface area contributed by atoms with E-state index in [-0.39, 0.29) is 18.2 Å². The van der Waals surface area contributed by atoms with Crippen LogP contribution in [-0.4, -0.2) is 41.5 Å². The third-order valence-corrected chi connectivity index (χ3v) is 3.76. The molecule has 0 aliphatic rings. The van der Waals surface area contributed by atoms with Crippen molar-refractivity contribution in [1.29, 1.82) is 0 Å². The number of fused-ring (bicyclic) bond motifs is 1. The number of aromatic nitrogens is 2. The normalized spacial score (nSPS) is 10.5. The van der Waals surface area contributed by atoms with E-state index in [1.165, 1.54) is 0 Å². The molecule has 0 radical (unpaired) electrons. The molecule has 0 spiro atoms. The van der Waals surface area contributed by atoms with Crippen molar-refractivity contribution < 1.29 is 14.3 Å². The molecular weight excluding hydrogens is 332 g/mol. The van der Waals surface area contributed by atoms with E-state index in [4.69, 9.17) is 4.74 Å². The molecule has 1 aromatic heterocycles. The van der Waals surface area contributed by atoms with Crippen LogP contribution in [-0.2, 0) is 4.79 Å². The van der Waals surface area contributed by atoms with E-state index < -0.39 is 0 Å². The summed E-state index contributed by atoms with van der Waals surface area (Å²) in [5.41, 5.74) is 2.17. The maximum absolute atomic E-state index is 12.1. The van der Waals surface area contributed by atoms with Crippen molar-refractivity contribution in [2.75, 3.05) is 19.7 Å². The lowest BCUT2D eigenvalue weighted by Gasteiger charge is -2.08. The van der Waals surface area contributed by atoms with E-state index >= 15 is 0 Å². The van der Waals surface area contributed by atoms with E-state index in [0.717, 1.165) is 16.8 Å². The summed E-state index contributed by atoms with van der Waals surface area (Å²) < 4.78 is 5.47. The lowest BCUT2D eigenvalue weighted by molar-refractivity contribution is -0.121. The van der Waals surface area contributed by atoms with Gasteiger partial charge in [0.1, 0.15) is 5.75 Å². The monoisotopic (exact) mass is 352 g/mol. The Kier molecular flexibility index (Phi) is 5.82. The van der Waals surface area contributed by atoms with E-state index in [1.54, 1.807) is 24.5 Å². The molecule has 7 heteroatoms. The van der Waals surface area contributed by atoms with Crippen molar-refractivity contribution in [2.45, 2.75) is 6.42 Å². The van der Waals surface area contributed by atoms with E-state index in [2.05, 4.69) is 20.6 Å². The fourth-order valence-electron chi connectivity index (χ4n) is 2.42. The first-order valence-corrected chi connectivity index (χ1v) is 8.38. The number of amides is 2. The number of ether oxygens (including phenoxy) is 1. The maximum Gasteiger partial charge on any atom is 0.251 e. The van der Waals surface area contributed by atoms with Crippen molar-refractivity contribution in [3.63, 3.8) is 0 Å². The summed E-state index contributed by atoms with van der Waals surface area (Å²) in [6.07, 6.45) is 1.85. The summed E-state index contributed by atoms with van der Waals surface area (Å²) in [5, 5.41) is 5.53. The number of carbonyl (C=O) groups excluding carboxylic acids is 2. The second-order valence-corrected chi connectivity index (χ2v) is 5.65. The van der Waals surface area contributed by atoms with Gasteiger partial charge in [0.15, 0.2) is 0 Å². The Bertz CT molecular complexity index is 877. The zero-order chi connectivity index (χ0) is 18.2. The maximum atomic E-state index is 12.1. The van der Waals surface area contributed by atoms with Crippen molar-refractivity contribution in [3.8, 4) is 5.75 Å². The van der Waals surface area contributed by atoms with Crippen molar-refractivity contribution in [3.05, 3.63) is 60.4 Å². The minimum absolute atomic E-state index is 0.117. The Labute approximate surface area is 150 Å². The first kappa shape index (κ1) is 17.5. The molecule has 26 heavy (non-hydrogen) atoms. The number of para-hydroxylation sites is 1. The Morgan fingerprint density at radius 2 is 1.85 bits per heavy atom. The number of rotatable bonds is 8. The Hall–Kier alpha value is -3.35. The molecule has 0 aliphatic heterocycles. The summed E-state index contributed by atoms with van der Waals surface area (Å²) in [7, 11) is 0. The van der Waals surface area contributed by atoms with Gasteiger partial charge in [-0.2, -0.15) is 0 Å². The van der Waals surface area contributed by atoms with Crippen LogP contribution in [0.3, 0.4) is 0 Å². The van der Waals surface area contributed by atoms with Crippen LogP contribution in [0.25, 0.3) is 11.0 Å². The molecule has 3 aromatic rings. The van der Waals surface area contributed by atoms with Gasteiger partial charge in [-0.15, -0.1) is 0 Å². The van der Waals surface area contributed by atoms with Crippen LogP contribution in [0.5, 0.6) is 5.75 Å². The van der Waals surface area contributed by atoms with Gasteiger partial charge >= 0.3 is 0 Å². The van der Waals surface area contributed by atoms with Gasteiger partial charge in [0.2, 0.25) is 5.91 Å². The number of carbonyl (C=O) groups is 2. The van der Waals surface area contributed by atoms with Gasteiger partial charge in [-0.25, -0.2) is 4.98 Å². The van der Waals surface area contributed by atoms with Crippen LogP contribution in [0.4, 0.5) is 0 Å². The van der Waals surface area contributed by atoms with E-state index in [0.29, 0.717) is 25.3 Å². The first-order chi connectivity index (χ1) is 12.7. The SMILES string of the molecule is O=C(CCOc1ccccc1)NCCNC(=O)c1ccc2nc[nH]c2c1. The Morgan fingerprint density at radius 3 is 2.69 bits per heavy atom. The van der Waals surface area contributed by atoms with Gasteiger partial charge in [0, 0.05) is 18.7 Å². The number of hydrogen-bond acceptors (Lipinski definition) is 4. The van der Waals surface area contributed by atoms with Crippen LogP contribution in [0.1, 0.15) is 16.8 Å². The molecule has 0 atom stereocenters. The highest BCUT2D eigenvalue weighted by atomic mass is 16.5. The number of imidazole rings is 1. The molecule has 2 aromatic carbocycles. The van der Waals surface area contributed by atoms with Gasteiger partial charge in [-0.3, -0.25) is 9.59 Å². The van der Waals surface area contributed by atoms with Gasteiger partial charge < -0.3 is 20.4 Å². The topological polar surface area (TPSA) is 96.1 Å². The molecule has 0 aliphatic carbocycles. The molecule has 0 fully saturated rings. The minimum Gasteiger partial charge on any atom is -0.493 e. The highest BCUT2D eigenvalue weighted by molar-refractivity contribution is 5.97. The lowest BCUT2D eigenvalue weighted by Crippen LogP contribution is -2.35. The predicted molar refractivity (Wildman–Crippen MR) is 98.0 cm³/mol.